The molecule has 1 saturated heterocycles. The van der Waals surface area contributed by atoms with Gasteiger partial charge < -0.3 is 15.0 Å². The van der Waals surface area contributed by atoms with Gasteiger partial charge in [-0.25, -0.2) is 9.37 Å². The third-order valence-electron chi connectivity index (χ3n) is 5.07. The minimum Gasteiger partial charge on any atom is -0.507 e. The van der Waals surface area contributed by atoms with Gasteiger partial charge in [-0.05, 0) is 42.3 Å². The Bertz CT molecular complexity index is 1140. The van der Waals surface area contributed by atoms with Crippen molar-refractivity contribution in [3.63, 3.8) is 0 Å². The largest absolute Gasteiger partial charge is 0.507 e. The fourth-order valence-electron chi connectivity index (χ4n) is 3.62. The highest BCUT2D eigenvalue weighted by molar-refractivity contribution is 5.87. The van der Waals surface area contributed by atoms with Crippen LogP contribution in [-0.2, 0) is 4.79 Å². The SMILES string of the molecule is C=CC(=O)N1CCC(c2nc3ccc(-c4c(O)cccc4F)cc3c(=O)[nH]2)C1. The third kappa shape index (κ3) is 3.05. The van der Waals surface area contributed by atoms with Gasteiger partial charge in [-0.3, -0.25) is 9.59 Å². The number of carbonyl (C=O) groups excluding carboxylic acids is 1. The molecule has 1 fully saturated rings. The number of nitrogens with one attached hydrogen (secondary N) is 1. The zero-order valence-corrected chi connectivity index (χ0v) is 15.0. The number of halogens is 1. The molecular formula is C21H18FN3O3. The minimum absolute atomic E-state index is 0.0437. The molecule has 1 aliphatic rings. The Morgan fingerprint density at radius 1 is 1.36 bits per heavy atom. The van der Waals surface area contributed by atoms with Crippen LogP contribution in [0, 0.1) is 5.82 Å². The first-order valence-corrected chi connectivity index (χ1v) is 8.91. The van der Waals surface area contributed by atoms with Crippen LogP contribution in [0.5, 0.6) is 5.75 Å². The molecule has 142 valence electrons. The van der Waals surface area contributed by atoms with E-state index in [2.05, 4.69) is 16.5 Å². The maximum absolute atomic E-state index is 14.1. The van der Waals surface area contributed by atoms with Crippen LogP contribution < -0.4 is 5.56 Å². The molecule has 4 rings (SSSR count). The summed E-state index contributed by atoms with van der Waals surface area (Å²) in [6, 6.07) is 8.84. The van der Waals surface area contributed by atoms with E-state index < -0.39 is 5.82 Å². The van der Waals surface area contributed by atoms with E-state index in [9.17, 15) is 19.1 Å². The molecule has 28 heavy (non-hydrogen) atoms. The highest BCUT2D eigenvalue weighted by atomic mass is 19.1. The third-order valence-corrected chi connectivity index (χ3v) is 5.07. The Balaban J connectivity index is 1.73. The van der Waals surface area contributed by atoms with E-state index in [0.717, 1.165) is 0 Å². The van der Waals surface area contributed by atoms with Gasteiger partial charge in [-0.15, -0.1) is 0 Å². The van der Waals surface area contributed by atoms with Crippen LogP contribution in [0.15, 0.2) is 53.8 Å². The van der Waals surface area contributed by atoms with Crippen LogP contribution in [0.4, 0.5) is 4.39 Å². The van der Waals surface area contributed by atoms with Crippen LogP contribution >= 0.6 is 0 Å². The molecule has 2 aromatic carbocycles. The fraction of sp³-hybridized carbons (Fsp3) is 0.190. The molecule has 6 nitrogen and oxygen atoms in total. The van der Waals surface area contributed by atoms with E-state index in [4.69, 9.17) is 0 Å². The molecule has 1 aromatic heterocycles. The highest BCUT2D eigenvalue weighted by Crippen LogP contribution is 2.33. The van der Waals surface area contributed by atoms with Crippen molar-refractivity contribution < 1.29 is 14.3 Å². The lowest BCUT2D eigenvalue weighted by atomic mass is 10.0. The Morgan fingerprint density at radius 2 is 2.18 bits per heavy atom. The number of hydrogen-bond donors (Lipinski definition) is 2. The van der Waals surface area contributed by atoms with Gasteiger partial charge in [0.1, 0.15) is 17.4 Å². The second kappa shape index (κ2) is 6.92. The van der Waals surface area contributed by atoms with Crippen molar-refractivity contribution in [1.29, 1.82) is 0 Å². The van der Waals surface area contributed by atoms with Crippen LogP contribution in [0.2, 0.25) is 0 Å². The van der Waals surface area contributed by atoms with E-state index in [-0.39, 0.29) is 28.7 Å². The van der Waals surface area contributed by atoms with Crippen molar-refractivity contribution >= 4 is 16.8 Å². The quantitative estimate of drug-likeness (QED) is 0.685. The number of hydrogen-bond acceptors (Lipinski definition) is 4. The number of rotatable bonds is 3. The van der Waals surface area contributed by atoms with E-state index >= 15 is 0 Å². The summed E-state index contributed by atoms with van der Waals surface area (Å²) in [5.74, 6) is -0.439. The average molecular weight is 379 g/mol. The number of aromatic amines is 1. The number of H-pyrrole nitrogens is 1. The summed E-state index contributed by atoms with van der Waals surface area (Å²) >= 11 is 0. The van der Waals surface area contributed by atoms with Crippen molar-refractivity contribution in [2.45, 2.75) is 12.3 Å². The molecule has 3 aromatic rings. The Labute approximate surface area is 160 Å². The molecule has 1 aliphatic heterocycles. The van der Waals surface area contributed by atoms with Crippen LogP contribution in [0.3, 0.4) is 0 Å². The van der Waals surface area contributed by atoms with Gasteiger partial charge in [0.25, 0.3) is 5.56 Å². The molecular weight excluding hydrogens is 361 g/mol. The monoisotopic (exact) mass is 379 g/mol. The summed E-state index contributed by atoms with van der Waals surface area (Å²) < 4.78 is 14.1. The van der Waals surface area contributed by atoms with Crippen molar-refractivity contribution in [3.05, 3.63) is 71.0 Å². The second-order valence-electron chi connectivity index (χ2n) is 6.79. The number of aromatic hydroxyl groups is 1. The molecule has 2 N–H and O–H groups in total. The summed E-state index contributed by atoms with van der Waals surface area (Å²) in [4.78, 5) is 33.4. The van der Waals surface area contributed by atoms with E-state index in [0.29, 0.717) is 41.8 Å². The van der Waals surface area contributed by atoms with E-state index in [1.54, 1.807) is 17.0 Å². The number of carbonyl (C=O) groups is 1. The molecule has 2 heterocycles. The average Bonchev–Trinajstić information content (AvgIpc) is 3.18. The minimum atomic E-state index is -0.571. The number of nitrogens with zero attached hydrogens (tertiary/aromatic N) is 2. The number of phenols is 1. The first kappa shape index (κ1) is 17.9. The van der Waals surface area contributed by atoms with Crippen LogP contribution in [0.25, 0.3) is 22.0 Å². The predicted molar refractivity (Wildman–Crippen MR) is 104 cm³/mol. The maximum atomic E-state index is 14.1. The Hall–Kier alpha value is -3.48. The second-order valence-corrected chi connectivity index (χ2v) is 6.79. The molecule has 0 radical (unpaired) electrons. The van der Waals surface area contributed by atoms with Crippen molar-refractivity contribution in [1.82, 2.24) is 14.9 Å². The normalized spacial score (nSPS) is 16.5. The zero-order valence-electron chi connectivity index (χ0n) is 15.0. The van der Waals surface area contributed by atoms with Gasteiger partial charge in [0.05, 0.1) is 16.5 Å². The van der Waals surface area contributed by atoms with Crippen molar-refractivity contribution in [3.8, 4) is 16.9 Å². The van der Waals surface area contributed by atoms with Gasteiger partial charge in [-0.1, -0.05) is 18.7 Å². The smallest absolute Gasteiger partial charge is 0.258 e. The predicted octanol–water partition coefficient (Wildman–Crippen LogP) is 2.94. The van der Waals surface area contributed by atoms with Gasteiger partial charge in [-0.2, -0.15) is 0 Å². The molecule has 1 atom stereocenters. The number of aromatic nitrogens is 2. The summed E-state index contributed by atoms with van der Waals surface area (Å²) in [5.41, 5.74) is 0.576. The lowest BCUT2D eigenvalue weighted by Crippen LogP contribution is -2.26. The molecule has 1 unspecified atom stereocenters. The Kier molecular flexibility index (Phi) is 4.43. The lowest BCUT2D eigenvalue weighted by molar-refractivity contribution is -0.125. The van der Waals surface area contributed by atoms with E-state index in [1.807, 2.05) is 0 Å². The van der Waals surface area contributed by atoms with Crippen LogP contribution in [-0.4, -0.2) is 39.0 Å². The molecule has 0 saturated carbocycles. The maximum Gasteiger partial charge on any atom is 0.258 e. The molecule has 0 aliphatic carbocycles. The number of benzene rings is 2. The molecule has 0 bridgehead atoms. The highest BCUT2D eigenvalue weighted by Gasteiger charge is 2.28. The van der Waals surface area contributed by atoms with E-state index in [1.165, 1.54) is 30.3 Å². The number of likely N-dealkylation sites (tertiary alicyclic amines) is 1. The molecule has 7 heteroatoms. The number of fused-ring (bicyclic) bond motifs is 1. The number of amides is 1. The molecule has 1 amide bonds. The van der Waals surface area contributed by atoms with Gasteiger partial charge >= 0.3 is 0 Å². The van der Waals surface area contributed by atoms with Crippen molar-refractivity contribution in [2.24, 2.45) is 0 Å². The topological polar surface area (TPSA) is 86.3 Å². The summed E-state index contributed by atoms with van der Waals surface area (Å²) in [6.07, 6.45) is 1.98. The first-order valence-electron chi connectivity index (χ1n) is 8.91. The van der Waals surface area contributed by atoms with Crippen molar-refractivity contribution in [2.75, 3.05) is 13.1 Å². The van der Waals surface area contributed by atoms with Crippen LogP contribution in [0.1, 0.15) is 18.2 Å². The molecule has 0 spiro atoms. The Morgan fingerprint density at radius 3 is 2.93 bits per heavy atom. The fourth-order valence-corrected chi connectivity index (χ4v) is 3.62. The first-order chi connectivity index (χ1) is 13.5. The lowest BCUT2D eigenvalue weighted by Gasteiger charge is -2.14. The summed E-state index contributed by atoms with van der Waals surface area (Å²) in [6.45, 7) is 4.55. The standard InChI is InChI=1S/C21H18FN3O3/c1-2-18(27)25-9-8-13(11-25)20-23-16-7-6-12(10-14(16)21(28)24-20)19-15(22)4-3-5-17(19)26/h2-7,10,13,26H,1,8-9,11H2,(H,23,24,28). The van der Waals surface area contributed by atoms with Gasteiger partial charge in [0.15, 0.2) is 0 Å². The van der Waals surface area contributed by atoms with Gasteiger partial charge in [0.2, 0.25) is 5.91 Å². The summed E-state index contributed by atoms with van der Waals surface area (Å²) in [5, 5.41) is 10.3. The zero-order chi connectivity index (χ0) is 19.8. The summed E-state index contributed by atoms with van der Waals surface area (Å²) in [7, 11) is 0. The number of phenolic OH excluding ortho intramolecular Hbond substituents is 1. The van der Waals surface area contributed by atoms with Gasteiger partial charge in [0, 0.05) is 19.0 Å².